The van der Waals surface area contributed by atoms with Crippen LogP contribution in [0.3, 0.4) is 0 Å². The predicted octanol–water partition coefficient (Wildman–Crippen LogP) is 0.265. The molecule has 1 aromatic rings. The molecule has 0 aromatic carbocycles. The van der Waals surface area contributed by atoms with Crippen molar-refractivity contribution < 1.29 is 14.3 Å². The predicted molar refractivity (Wildman–Crippen MR) is 58.5 cm³/mol. The van der Waals surface area contributed by atoms with Crippen LogP contribution in [0.4, 0.5) is 0 Å². The molecule has 0 fully saturated rings. The van der Waals surface area contributed by atoms with E-state index < -0.39 is 12.0 Å². The second-order valence-corrected chi connectivity index (χ2v) is 3.40. The molecule has 0 aliphatic rings. The third-order valence-corrected chi connectivity index (χ3v) is 1.78. The number of hydrogen-bond acceptors (Lipinski definition) is 4. The first-order valence-electron chi connectivity index (χ1n) is 4.40. The largest absolute Gasteiger partial charge is 0.459 e. The average molecular weight is 228 g/mol. The van der Waals surface area contributed by atoms with E-state index in [1.807, 2.05) is 0 Å². The van der Waals surface area contributed by atoms with Crippen LogP contribution in [0.5, 0.6) is 0 Å². The summed E-state index contributed by atoms with van der Waals surface area (Å²) in [6.45, 7) is 1.90. The Kier molecular flexibility index (Phi) is 4.26. The molecular formula is C9H12N2O3S. The molecule has 1 unspecified atom stereocenters. The number of hydrogen-bond donors (Lipinski definition) is 3. The van der Waals surface area contributed by atoms with Crippen LogP contribution in [0.1, 0.15) is 17.5 Å². The Bertz CT molecular complexity index is 335. The van der Waals surface area contributed by atoms with Gasteiger partial charge in [-0.05, 0) is 31.3 Å². The van der Waals surface area contributed by atoms with E-state index in [4.69, 9.17) is 21.7 Å². The van der Waals surface area contributed by atoms with Crippen LogP contribution in [0, 0.1) is 0 Å². The van der Waals surface area contributed by atoms with Gasteiger partial charge in [-0.2, -0.15) is 0 Å². The number of nitrogens with one attached hydrogen (secondary N) is 2. The molecule has 0 aliphatic carbocycles. The fourth-order valence-corrected chi connectivity index (χ4v) is 1.03. The van der Waals surface area contributed by atoms with Crippen molar-refractivity contribution in [3.63, 3.8) is 0 Å². The lowest BCUT2D eigenvalue weighted by Crippen LogP contribution is -2.41. The lowest BCUT2D eigenvalue weighted by atomic mass is 10.4. The number of aliphatic hydroxyl groups is 1. The van der Waals surface area contributed by atoms with Gasteiger partial charge < -0.3 is 14.8 Å². The molecular weight excluding hydrogens is 216 g/mol. The lowest BCUT2D eigenvalue weighted by Gasteiger charge is -2.09. The van der Waals surface area contributed by atoms with Gasteiger partial charge in [0.2, 0.25) is 0 Å². The molecule has 0 bridgehead atoms. The normalized spacial score (nSPS) is 11.9. The Labute approximate surface area is 92.5 Å². The van der Waals surface area contributed by atoms with E-state index in [0.717, 1.165) is 0 Å². The summed E-state index contributed by atoms with van der Waals surface area (Å²) in [5.74, 6) is -0.223. The molecule has 0 aliphatic heterocycles. The quantitative estimate of drug-likeness (QED) is 0.647. The third-order valence-electron chi connectivity index (χ3n) is 1.53. The van der Waals surface area contributed by atoms with Crippen molar-refractivity contribution in [1.29, 1.82) is 0 Å². The zero-order valence-corrected chi connectivity index (χ0v) is 9.00. The average Bonchev–Trinajstić information content (AvgIpc) is 2.67. The summed E-state index contributed by atoms with van der Waals surface area (Å²) in [6, 6.07) is 3.15. The number of rotatable bonds is 3. The van der Waals surface area contributed by atoms with Crippen molar-refractivity contribution in [1.82, 2.24) is 10.6 Å². The molecule has 6 heteroatoms. The fraction of sp³-hybridized carbons (Fsp3) is 0.333. The minimum Gasteiger partial charge on any atom is -0.459 e. The van der Waals surface area contributed by atoms with Crippen molar-refractivity contribution in [2.45, 2.75) is 13.0 Å². The zero-order chi connectivity index (χ0) is 11.3. The van der Waals surface area contributed by atoms with Crippen LogP contribution in [0.15, 0.2) is 22.8 Å². The smallest absolute Gasteiger partial charge is 0.293 e. The first-order valence-corrected chi connectivity index (χ1v) is 4.81. The van der Waals surface area contributed by atoms with E-state index in [9.17, 15) is 4.79 Å². The van der Waals surface area contributed by atoms with Gasteiger partial charge in [0.05, 0.1) is 12.4 Å². The van der Waals surface area contributed by atoms with Crippen LogP contribution in [-0.2, 0) is 0 Å². The van der Waals surface area contributed by atoms with E-state index in [1.165, 1.54) is 12.3 Å². The highest BCUT2D eigenvalue weighted by molar-refractivity contribution is 7.80. The van der Waals surface area contributed by atoms with Crippen molar-refractivity contribution in [3.8, 4) is 0 Å². The van der Waals surface area contributed by atoms with Crippen LogP contribution in [-0.4, -0.2) is 28.8 Å². The molecule has 0 saturated heterocycles. The minimum atomic E-state index is -0.525. The molecule has 0 saturated carbocycles. The maximum absolute atomic E-state index is 11.4. The second kappa shape index (κ2) is 5.47. The van der Waals surface area contributed by atoms with Gasteiger partial charge in [0.1, 0.15) is 0 Å². The molecule has 3 N–H and O–H groups in total. The molecule has 1 heterocycles. The summed E-state index contributed by atoms with van der Waals surface area (Å²) in [5, 5.41) is 14.2. The molecule has 1 amide bonds. The van der Waals surface area contributed by atoms with Crippen molar-refractivity contribution >= 4 is 23.2 Å². The molecule has 15 heavy (non-hydrogen) atoms. The molecule has 82 valence electrons. The first kappa shape index (κ1) is 11.7. The molecule has 5 nitrogen and oxygen atoms in total. The number of carbonyl (C=O) groups is 1. The van der Waals surface area contributed by atoms with Crippen molar-refractivity contribution in [2.24, 2.45) is 0 Å². The molecule has 0 spiro atoms. The molecule has 0 radical (unpaired) electrons. The van der Waals surface area contributed by atoms with Gasteiger partial charge >= 0.3 is 0 Å². The van der Waals surface area contributed by atoms with Gasteiger partial charge in [0, 0.05) is 6.54 Å². The number of amides is 1. The van der Waals surface area contributed by atoms with Gasteiger partial charge in [-0.25, -0.2) is 0 Å². The van der Waals surface area contributed by atoms with Crippen molar-refractivity contribution in [3.05, 3.63) is 24.2 Å². The SMILES string of the molecule is CC(O)CNC(=S)NC(=O)c1ccco1. The number of furan rings is 1. The Morgan fingerprint density at radius 3 is 3.00 bits per heavy atom. The van der Waals surface area contributed by atoms with Crippen LogP contribution in [0.25, 0.3) is 0 Å². The van der Waals surface area contributed by atoms with E-state index in [0.29, 0.717) is 0 Å². The highest BCUT2D eigenvalue weighted by atomic mass is 32.1. The van der Waals surface area contributed by atoms with Crippen LogP contribution < -0.4 is 10.6 Å². The molecule has 1 rings (SSSR count). The van der Waals surface area contributed by atoms with Gasteiger partial charge in [-0.15, -0.1) is 0 Å². The Hall–Kier alpha value is -1.40. The maximum atomic E-state index is 11.4. The van der Waals surface area contributed by atoms with Crippen molar-refractivity contribution in [2.75, 3.05) is 6.54 Å². The Morgan fingerprint density at radius 1 is 1.73 bits per heavy atom. The lowest BCUT2D eigenvalue weighted by molar-refractivity contribution is 0.0949. The van der Waals surface area contributed by atoms with Crippen LogP contribution >= 0.6 is 12.2 Å². The van der Waals surface area contributed by atoms with E-state index >= 15 is 0 Å². The van der Waals surface area contributed by atoms with E-state index in [2.05, 4.69) is 10.6 Å². The molecule has 1 aromatic heterocycles. The highest BCUT2D eigenvalue weighted by Crippen LogP contribution is 1.98. The maximum Gasteiger partial charge on any atom is 0.293 e. The summed E-state index contributed by atoms with van der Waals surface area (Å²) >= 11 is 4.83. The summed E-state index contributed by atoms with van der Waals surface area (Å²) in [7, 11) is 0. The van der Waals surface area contributed by atoms with Gasteiger partial charge in [-0.3, -0.25) is 10.1 Å². The first-order chi connectivity index (χ1) is 7.09. The molecule has 1 atom stereocenters. The number of carbonyl (C=O) groups excluding carboxylic acids is 1. The highest BCUT2D eigenvalue weighted by Gasteiger charge is 2.09. The number of thiocarbonyl (C=S) groups is 1. The monoisotopic (exact) mass is 228 g/mol. The Morgan fingerprint density at radius 2 is 2.47 bits per heavy atom. The van der Waals surface area contributed by atoms with E-state index in [-0.39, 0.29) is 17.4 Å². The van der Waals surface area contributed by atoms with Gasteiger partial charge in [-0.1, -0.05) is 0 Å². The summed E-state index contributed by atoms with van der Waals surface area (Å²) in [6.07, 6.45) is 0.879. The van der Waals surface area contributed by atoms with Gasteiger partial charge in [0.15, 0.2) is 10.9 Å². The van der Waals surface area contributed by atoms with Crippen LogP contribution in [0.2, 0.25) is 0 Å². The Balaban J connectivity index is 2.36. The topological polar surface area (TPSA) is 74.5 Å². The standard InChI is InChI=1S/C9H12N2O3S/c1-6(12)5-10-9(15)11-8(13)7-3-2-4-14-7/h2-4,6,12H,5H2,1H3,(H2,10,11,13,15). The van der Waals surface area contributed by atoms with E-state index in [1.54, 1.807) is 13.0 Å². The third kappa shape index (κ3) is 4.09. The summed E-state index contributed by atoms with van der Waals surface area (Å²) in [5.41, 5.74) is 0. The second-order valence-electron chi connectivity index (χ2n) is 2.99. The number of aliphatic hydroxyl groups excluding tert-OH is 1. The zero-order valence-electron chi connectivity index (χ0n) is 8.19. The minimum absolute atomic E-state index is 0.164. The summed E-state index contributed by atoms with van der Waals surface area (Å²) < 4.78 is 4.87. The summed E-state index contributed by atoms with van der Waals surface area (Å²) in [4.78, 5) is 11.4. The van der Waals surface area contributed by atoms with Gasteiger partial charge in [0.25, 0.3) is 5.91 Å². The fourth-order valence-electron chi connectivity index (χ4n) is 0.857.